The molecule has 2 heteroatoms. The molecule has 0 aliphatic heterocycles. The Morgan fingerprint density at radius 1 is 1.33 bits per heavy atom. The highest BCUT2D eigenvalue weighted by Gasteiger charge is 2.22. The second kappa shape index (κ2) is 5.72. The van der Waals surface area contributed by atoms with Gasteiger partial charge in [0.1, 0.15) is 19.7 Å². The van der Waals surface area contributed by atoms with Gasteiger partial charge in [-0.05, 0) is 20.8 Å². The quantitative estimate of drug-likeness (QED) is 0.382. The van der Waals surface area contributed by atoms with Crippen LogP contribution in [0.15, 0.2) is 0 Å². The van der Waals surface area contributed by atoms with E-state index in [-0.39, 0.29) is 0 Å². The van der Waals surface area contributed by atoms with Gasteiger partial charge in [0.05, 0.1) is 6.61 Å². The fraction of sp³-hybridized carbons (Fsp3) is 0.615. The smallest absolute Gasteiger partial charge is 0.207 e. The Morgan fingerprint density at radius 2 is 2.00 bits per heavy atom. The van der Waals surface area contributed by atoms with Crippen LogP contribution in [-0.2, 0) is 11.2 Å². The number of terminal acetylenes is 1. The van der Waals surface area contributed by atoms with E-state index in [4.69, 9.17) is 11.2 Å². The van der Waals surface area contributed by atoms with Crippen molar-refractivity contribution in [2.45, 2.75) is 27.2 Å². The van der Waals surface area contributed by atoms with E-state index in [9.17, 15) is 0 Å². The molecule has 0 unspecified atom stereocenters. The highest BCUT2D eigenvalue weighted by Crippen LogP contribution is 2.07. The number of hydrogen-bond donors (Lipinski definition) is 0. The lowest BCUT2D eigenvalue weighted by Gasteiger charge is -1.94. The van der Waals surface area contributed by atoms with Crippen LogP contribution in [0.25, 0.3) is 0 Å². The lowest BCUT2D eigenvalue weighted by Crippen LogP contribution is -2.25. The van der Waals surface area contributed by atoms with Gasteiger partial charge < -0.3 is 4.74 Å². The van der Waals surface area contributed by atoms with E-state index in [1.807, 2.05) is 0 Å². The molecule has 0 aliphatic rings. The minimum absolute atomic E-state index is 0.424. The molecule has 0 heterocycles. The highest BCUT2D eigenvalue weighted by molar-refractivity contribution is 5.37. The third kappa shape index (κ3) is 2.94. The van der Waals surface area contributed by atoms with Crippen LogP contribution < -0.4 is 9.93 Å². The van der Waals surface area contributed by atoms with Gasteiger partial charge in [-0.15, -0.1) is 6.42 Å². The van der Waals surface area contributed by atoms with E-state index in [1.54, 1.807) is 0 Å². The molecule has 0 aromatic heterocycles. The molecule has 0 saturated heterocycles. The van der Waals surface area contributed by atoms with Crippen molar-refractivity contribution in [3.8, 4) is 12.3 Å². The van der Waals surface area contributed by atoms with E-state index in [0.717, 1.165) is 26.1 Å². The van der Waals surface area contributed by atoms with Crippen LogP contribution in [0.3, 0.4) is 0 Å². The molecule has 0 amide bonds. The van der Waals surface area contributed by atoms with Gasteiger partial charge in [-0.2, -0.15) is 0 Å². The van der Waals surface area contributed by atoms with Crippen LogP contribution >= 0.6 is 0 Å². The zero-order chi connectivity index (χ0) is 11.3. The first-order valence-electron chi connectivity index (χ1n) is 5.59. The van der Waals surface area contributed by atoms with Crippen LogP contribution in [0.1, 0.15) is 25.0 Å². The molecule has 0 fully saturated rings. The second-order valence-electron chi connectivity index (χ2n) is 3.63. The Hall–Kier alpha value is -1.07. The van der Waals surface area contributed by atoms with Crippen molar-refractivity contribution in [1.82, 2.24) is 4.58 Å². The number of ether oxygens (including phenoxy) is 1. The van der Waals surface area contributed by atoms with Gasteiger partial charge in [-0.1, -0.05) is 5.92 Å². The maximum Gasteiger partial charge on any atom is 0.207 e. The SMILES string of the molecule is C#CCOCCc1c(C)c1=[N+](CC)CC. The summed E-state index contributed by atoms with van der Waals surface area (Å²) in [6.45, 7) is 9.89. The lowest BCUT2D eigenvalue weighted by atomic mass is 10.3. The summed E-state index contributed by atoms with van der Waals surface area (Å²) >= 11 is 0. The third-order valence-electron chi connectivity index (χ3n) is 2.79. The van der Waals surface area contributed by atoms with Crippen molar-refractivity contribution in [3.05, 3.63) is 16.5 Å². The van der Waals surface area contributed by atoms with Crippen molar-refractivity contribution in [2.75, 3.05) is 26.3 Å². The predicted octanol–water partition coefficient (Wildman–Crippen LogP) is 0.875. The number of hydrogen-bond acceptors (Lipinski definition) is 1. The average molecular weight is 206 g/mol. The molecule has 1 aromatic carbocycles. The average Bonchev–Trinajstić information content (AvgIpc) is 2.87. The Labute approximate surface area is 92.3 Å². The minimum Gasteiger partial charge on any atom is -0.368 e. The molecule has 1 rings (SSSR count). The summed E-state index contributed by atoms with van der Waals surface area (Å²) in [5.74, 6) is 2.47. The van der Waals surface area contributed by atoms with E-state index in [1.165, 1.54) is 16.5 Å². The predicted molar refractivity (Wildman–Crippen MR) is 63.3 cm³/mol. The maximum absolute atomic E-state index is 5.28. The van der Waals surface area contributed by atoms with Crippen LogP contribution in [0.4, 0.5) is 0 Å². The topological polar surface area (TPSA) is 12.2 Å². The van der Waals surface area contributed by atoms with Crippen LogP contribution in [0.5, 0.6) is 0 Å². The maximum atomic E-state index is 5.28. The van der Waals surface area contributed by atoms with Crippen molar-refractivity contribution in [3.63, 3.8) is 0 Å². The fourth-order valence-electron chi connectivity index (χ4n) is 1.90. The summed E-state index contributed by atoms with van der Waals surface area (Å²) in [7, 11) is 0. The van der Waals surface area contributed by atoms with Gasteiger partial charge in [0, 0.05) is 17.5 Å². The largest absolute Gasteiger partial charge is 0.368 e. The fourth-order valence-corrected chi connectivity index (χ4v) is 1.90. The summed E-state index contributed by atoms with van der Waals surface area (Å²) in [5.41, 5.74) is 2.92. The molecule has 0 N–H and O–H groups in total. The lowest BCUT2D eigenvalue weighted by molar-refractivity contribution is 0.171. The third-order valence-corrected chi connectivity index (χ3v) is 2.79. The van der Waals surface area contributed by atoms with Crippen molar-refractivity contribution in [1.29, 1.82) is 0 Å². The Balaban J connectivity index is 2.51. The van der Waals surface area contributed by atoms with E-state index < -0.39 is 0 Å². The Kier molecular flexibility index (Phi) is 4.58. The summed E-state index contributed by atoms with van der Waals surface area (Å²) in [6, 6.07) is 0. The summed E-state index contributed by atoms with van der Waals surface area (Å²) < 4.78 is 7.67. The van der Waals surface area contributed by atoms with Gasteiger partial charge in [0.25, 0.3) is 0 Å². The second-order valence-corrected chi connectivity index (χ2v) is 3.63. The molecular weight excluding hydrogens is 186 g/mol. The normalized spacial score (nSPS) is 10.5. The molecule has 0 bridgehead atoms. The zero-order valence-electron chi connectivity index (χ0n) is 9.97. The van der Waals surface area contributed by atoms with Crippen molar-refractivity contribution < 1.29 is 4.74 Å². The number of nitrogens with zero attached hydrogens (tertiary/aromatic N) is 1. The van der Waals surface area contributed by atoms with Crippen LogP contribution in [0, 0.1) is 19.3 Å². The monoisotopic (exact) mass is 206 g/mol. The van der Waals surface area contributed by atoms with Gasteiger partial charge in [0.2, 0.25) is 5.36 Å². The molecule has 82 valence electrons. The van der Waals surface area contributed by atoms with Crippen molar-refractivity contribution in [2.24, 2.45) is 0 Å². The molecule has 2 nitrogen and oxygen atoms in total. The zero-order valence-corrected chi connectivity index (χ0v) is 9.97. The minimum atomic E-state index is 0.424. The number of rotatable bonds is 6. The molecular formula is C13H20NO+. The first-order valence-corrected chi connectivity index (χ1v) is 5.59. The first-order chi connectivity index (χ1) is 7.26. The van der Waals surface area contributed by atoms with E-state index >= 15 is 0 Å². The molecule has 0 aliphatic carbocycles. The molecule has 1 aromatic rings. The summed E-state index contributed by atoms with van der Waals surface area (Å²) in [4.78, 5) is 0. The van der Waals surface area contributed by atoms with Crippen LogP contribution in [0.2, 0.25) is 0 Å². The first kappa shape index (κ1) is 12.0. The van der Waals surface area contributed by atoms with Gasteiger partial charge in [0.15, 0.2) is 0 Å². The molecule has 0 spiro atoms. The molecule has 0 radical (unpaired) electrons. The van der Waals surface area contributed by atoms with E-state index in [0.29, 0.717) is 6.61 Å². The van der Waals surface area contributed by atoms with Gasteiger partial charge >= 0.3 is 0 Å². The molecule has 0 atom stereocenters. The highest BCUT2D eigenvalue weighted by atomic mass is 16.5. The standard InChI is InChI=1S/C13H20NO/c1-5-9-15-10-8-12-11(4)13(12)14(6-2)7-3/h1H,6-10H2,2-4H3/q+1. The van der Waals surface area contributed by atoms with Crippen LogP contribution in [-0.4, -0.2) is 26.3 Å². The van der Waals surface area contributed by atoms with Gasteiger partial charge in [-0.25, -0.2) is 4.58 Å². The summed E-state index contributed by atoms with van der Waals surface area (Å²) in [5, 5.41) is 1.45. The molecule has 15 heavy (non-hydrogen) atoms. The Bertz CT molecular complexity index is 369. The Morgan fingerprint density at radius 3 is 2.53 bits per heavy atom. The summed E-state index contributed by atoms with van der Waals surface area (Å²) in [6.07, 6.45) is 6.11. The van der Waals surface area contributed by atoms with Crippen molar-refractivity contribution >= 4 is 0 Å². The molecule has 0 saturated carbocycles. The van der Waals surface area contributed by atoms with E-state index in [2.05, 4.69) is 31.3 Å². The van der Waals surface area contributed by atoms with Gasteiger partial charge in [-0.3, -0.25) is 0 Å².